The lowest BCUT2D eigenvalue weighted by molar-refractivity contribution is 0.0730. The Morgan fingerprint density at radius 3 is 2.69 bits per heavy atom. The predicted molar refractivity (Wildman–Crippen MR) is 110 cm³/mol. The summed E-state index contributed by atoms with van der Waals surface area (Å²) in [6, 6.07) is 13.8. The number of nitrogens with one attached hydrogen (secondary N) is 1. The summed E-state index contributed by atoms with van der Waals surface area (Å²) in [5, 5.41) is 3.78. The van der Waals surface area contributed by atoms with Gasteiger partial charge in [0.05, 0.1) is 23.6 Å². The fourth-order valence-corrected chi connectivity index (χ4v) is 4.67. The lowest BCUT2D eigenvalue weighted by Gasteiger charge is -2.26. The first-order valence-electron chi connectivity index (χ1n) is 9.30. The SMILES string of the molecule is Cc1ccc(S(=O)(=O)N2CCOCC2)cc1NC(=O)c1ccc2cccnc2c1. The molecule has 1 saturated heterocycles. The van der Waals surface area contributed by atoms with Crippen LogP contribution in [0, 0.1) is 6.92 Å². The Labute approximate surface area is 169 Å². The lowest BCUT2D eigenvalue weighted by atomic mass is 10.1. The van der Waals surface area contributed by atoms with Crippen LogP contribution in [0.5, 0.6) is 0 Å². The molecule has 0 unspecified atom stereocenters. The van der Waals surface area contributed by atoms with Gasteiger partial charge in [-0.25, -0.2) is 8.42 Å². The second-order valence-corrected chi connectivity index (χ2v) is 8.80. The second-order valence-electron chi connectivity index (χ2n) is 6.86. The maximum atomic E-state index is 12.9. The van der Waals surface area contributed by atoms with Crippen LogP contribution in [-0.4, -0.2) is 49.9 Å². The molecule has 0 atom stereocenters. The number of nitrogens with zero attached hydrogens (tertiary/aromatic N) is 2. The minimum Gasteiger partial charge on any atom is -0.379 e. The highest BCUT2D eigenvalue weighted by molar-refractivity contribution is 7.89. The van der Waals surface area contributed by atoms with E-state index in [1.54, 1.807) is 30.5 Å². The molecule has 150 valence electrons. The molecule has 1 amide bonds. The van der Waals surface area contributed by atoms with Gasteiger partial charge in [-0.1, -0.05) is 18.2 Å². The summed E-state index contributed by atoms with van der Waals surface area (Å²) in [4.78, 5) is 17.2. The van der Waals surface area contributed by atoms with Gasteiger partial charge in [0.15, 0.2) is 0 Å². The number of carbonyl (C=O) groups excluding carboxylic acids is 1. The molecule has 1 aromatic heterocycles. The van der Waals surface area contributed by atoms with Crippen LogP contribution in [0.3, 0.4) is 0 Å². The maximum Gasteiger partial charge on any atom is 0.255 e. The van der Waals surface area contributed by atoms with Gasteiger partial charge in [-0.2, -0.15) is 4.31 Å². The molecule has 7 nitrogen and oxygen atoms in total. The van der Waals surface area contributed by atoms with E-state index in [4.69, 9.17) is 4.74 Å². The van der Waals surface area contributed by atoms with Crippen molar-refractivity contribution >= 4 is 32.5 Å². The third-order valence-electron chi connectivity index (χ3n) is 4.93. The number of hydrogen-bond acceptors (Lipinski definition) is 5. The van der Waals surface area contributed by atoms with E-state index in [2.05, 4.69) is 10.3 Å². The molecule has 1 fully saturated rings. The predicted octanol–water partition coefficient (Wildman–Crippen LogP) is 2.82. The van der Waals surface area contributed by atoms with E-state index in [9.17, 15) is 13.2 Å². The molecule has 29 heavy (non-hydrogen) atoms. The highest BCUT2D eigenvalue weighted by atomic mass is 32.2. The normalized spacial score (nSPS) is 15.3. The molecule has 3 aromatic rings. The van der Waals surface area contributed by atoms with E-state index in [1.807, 2.05) is 25.1 Å². The fraction of sp³-hybridized carbons (Fsp3) is 0.238. The number of pyridine rings is 1. The molecular formula is C21H21N3O4S. The van der Waals surface area contributed by atoms with E-state index in [0.717, 1.165) is 16.5 Å². The number of fused-ring (bicyclic) bond motifs is 1. The topological polar surface area (TPSA) is 88.6 Å². The van der Waals surface area contributed by atoms with Crippen LogP contribution in [0.4, 0.5) is 5.69 Å². The Morgan fingerprint density at radius 2 is 1.90 bits per heavy atom. The number of anilines is 1. The summed E-state index contributed by atoms with van der Waals surface area (Å²) < 4.78 is 32.4. The van der Waals surface area contributed by atoms with Crippen LogP contribution < -0.4 is 5.32 Å². The van der Waals surface area contributed by atoms with E-state index in [0.29, 0.717) is 37.6 Å². The quantitative estimate of drug-likeness (QED) is 0.713. The minimum absolute atomic E-state index is 0.153. The van der Waals surface area contributed by atoms with E-state index in [1.165, 1.54) is 10.4 Å². The van der Waals surface area contributed by atoms with Gasteiger partial charge in [0.25, 0.3) is 5.91 Å². The fourth-order valence-electron chi connectivity index (χ4n) is 3.23. The number of aryl methyl sites for hydroxylation is 1. The van der Waals surface area contributed by atoms with Crippen molar-refractivity contribution in [1.82, 2.24) is 9.29 Å². The van der Waals surface area contributed by atoms with Crippen molar-refractivity contribution in [3.05, 3.63) is 65.9 Å². The van der Waals surface area contributed by atoms with Crippen molar-refractivity contribution in [2.45, 2.75) is 11.8 Å². The van der Waals surface area contributed by atoms with Gasteiger partial charge in [0.1, 0.15) is 0 Å². The Hall–Kier alpha value is -2.81. The average Bonchev–Trinajstić information content (AvgIpc) is 2.75. The summed E-state index contributed by atoms with van der Waals surface area (Å²) in [5.74, 6) is -0.318. The van der Waals surface area contributed by atoms with Crippen molar-refractivity contribution in [2.24, 2.45) is 0 Å². The number of aromatic nitrogens is 1. The molecule has 1 N–H and O–H groups in total. The van der Waals surface area contributed by atoms with Gasteiger partial charge >= 0.3 is 0 Å². The van der Waals surface area contributed by atoms with E-state index < -0.39 is 10.0 Å². The first kappa shape index (κ1) is 19.5. The molecule has 1 aliphatic rings. The number of amides is 1. The number of hydrogen-bond donors (Lipinski definition) is 1. The van der Waals surface area contributed by atoms with Gasteiger partial charge < -0.3 is 10.1 Å². The summed E-state index contributed by atoms with van der Waals surface area (Å²) in [5.41, 5.74) is 2.42. The van der Waals surface area contributed by atoms with E-state index >= 15 is 0 Å². The zero-order valence-corrected chi connectivity index (χ0v) is 16.8. The van der Waals surface area contributed by atoms with Crippen LogP contribution in [0.2, 0.25) is 0 Å². The van der Waals surface area contributed by atoms with Gasteiger partial charge in [-0.3, -0.25) is 9.78 Å². The molecule has 0 bridgehead atoms. The number of rotatable bonds is 4. The van der Waals surface area contributed by atoms with Crippen LogP contribution in [0.25, 0.3) is 10.9 Å². The lowest BCUT2D eigenvalue weighted by Crippen LogP contribution is -2.40. The number of morpholine rings is 1. The van der Waals surface area contributed by atoms with Crippen molar-refractivity contribution in [1.29, 1.82) is 0 Å². The monoisotopic (exact) mass is 411 g/mol. The highest BCUT2D eigenvalue weighted by Crippen LogP contribution is 2.24. The number of ether oxygens (including phenoxy) is 1. The third-order valence-corrected chi connectivity index (χ3v) is 6.83. The molecule has 0 saturated carbocycles. The molecule has 8 heteroatoms. The number of benzene rings is 2. The number of carbonyl (C=O) groups is 1. The molecule has 0 spiro atoms. The van der Waals surface area contributed by atoms with Crippen molar-refractivity contribution in [3.63, 3.8) is 0 Å². The van der Waals surface area contributed by atoms with Crippen LogP contribution in [0.15, 0.2) is 59.6 Å². The van der Waals surface area contributed by atoms with E-state index in [-0.39, 0.29) is 10.8 Å². The summed E-state index contributed by atoms with van der Waals surface area (Å²) >= 11 is 0. The highest BCUT2D eigenvalue weighted by Gasteiger charge is 2.27. The Morgan fingerprint density at radius 1 is 1.10 bits per heavy atom. The van der Waals surface area contributed by atoms with Crippen molar-refractivity contribution in [2.75, 3.05) is 31.6 Å². The van der Waals surface area contributed by atoms with Gasteiger partial charge in [0, 0.05) is 35.9 Å². The van der Waals surface area contributed by atoms with Crippen LogP contribution >= 0.6 is 0 Å². The minimum atomic E-state index is -3.64. The molecule has 0 radical (unpaired) electrons. The smallest absolute Gasteiger partial charge is 0.255 e. The van der Waals surface area contributed by atoms with Crippen molar-refractivity contribution in [3.8, 4) is 0 Å². The first-order valence-corrected chi connectivity index (χ1v) is 10.7. The molecular weight excluding hydrogens is 390 g/mol. The molecule has 4 rings (SSSR count). The maximum absolute atomic E-state index is 12.9. The summed E-state index contributed by atoms with van der Waals surface area (Å²) in [6.07, 6.45) is 1.67. The Balaban J connectivity index is 1.61. The average molecular weight is 411 g/mol. The molecule has 2 heterocycles. The van der Waals surface area contributed by atoms with Crippen molar-refractivity contribution < 1.29 is 17.9 Å². The van der Waals surface area contributed by atoms with Crippen LogP contribution in [-0.2, 0) is 14.8 Å². The zero-order chi connectivity index (χ0) is 20.4. The Kier molecular flexibility index (Phi) is 5.31. The standard InChI is InChI=1S/C21H21N3O4S/c1-15-4-7-18(29(26,27)24-9-11-28-12-10-24)14-19(15)23-21(25)17-6-5-16-3-2-8-22-20(16)13-17/h2-8,13-14H,9-12H2,1H3,(H,23,25). The summed E-state index contributed by atoms with van der Waals surface area (Å²) in [6.45, 7) is 3.22. The first-order chi connectivity index (χ1) is 13.9. The molecule has 2 aromatic carbocycles. The Bertz CT molecular complexity index is 1170. The van der Waals surface area contributed by atoms with Gasteiger partial charge in [0.2, 0.25) is 10.0 Å². The third kappa shape index (κ3) is 4.00. The molecule has 0 aliphatic carbocycles. The zero-order valence-electron chi connectivity index (χ0n) is 16.0. The largest absolute Gasteiger partial charge is 0.379 e. The van der Waals surface area contributed by atoms with Gasteiger partial charge in [-0.05, 0) is 42.8 Å². The van der Waals surface area contributed by atoms with Gasteiger partial charge in [-0.15, -0.1) is 0 Å². The molecule has 1 aliphatic heterocycles. The number of sulfonamides is 1. The van der Waals surface area contributed by atoms with Crippen LogP contribution in [0.1, 0.15) is 15.9 Å². The second kappa shape index (κ2) is 7.90. The summed E-state index contributed by atoms with van der Waals surface area (Å²) in [7, 11) is -3.64.